The second-order valence-electron chi connectivity index (χ2n) is 4.84. The fraction of sp³-hybridized carbons (Fsp3) is 0. The Morgan fingerprint density at radius 2 is 1.83 bits per heavy atom. The van der Waals surface area contributed by atoms with Gasteiger partial charge in [0.2, 0.25) is 5.96 Å². The van der Waals surface area contributed by atoms with Crippen molar-refractivity contribution in [3.63, 3.8) is 0 Å². The lowest BCUT2D eigenvalue weighted by Gasteiger charge is -2.05. The van der Waals surface area contributed by atoms with Gasteiger partial charge >= 0.3 is 6.01 Å². The maximum atomic E-state index is 11.8. The minimum atomic E-state index is -0.475. The van der Waals surface area contributed by atoms with Crippen LogP contribution in [0.5, 0.6) is 0 Å². The summed E-state index contributed by atoms with van der Waals surface area (Å²) in [5.41, 5.74) is 6.79. The standard InChI is InChI=1S/C17H13ClN4O2/c18-12-8-6-11(7-9-12)14-10-15(23)21-17(24-14)22-16(19)20-13-4-2-1-3-5-13/h1-10H,(H3,19,20,21,22,23). The first-order valence-corrected chi connectivity index (χ1v) is 7.42. The monoisotopic (exact) mass is 340 g/mol. The van der Waals surface area contributed by atoms with E-state index in [4.69, 9.17) is 21.8 Å². The highest BCUT2D eigenvalue weighted by Crippen LogP contribution is 2.22. The first-order valence-electron chi connectivity index (χ1n) is 7.04. The lowest BCUT2D eigenvalue weighted by Crippen LogP contribution is -2.22. The largest absolute Gasteiger partial charge is 0.423 e. The molecule has 3 N–H and O–H groups in total. The molecule has 0 radical (unpaired) electrons. The normalized spacial score (nSPS) is 11.3. The SMILES string of the molecule is N/C(=N\c1nc(=O)cc(-c2ccc(Cl)cc2)o1)Nc1ccccc1. The molecule has 0 amide bonds. The van der Waals surface area contributed by atoms with Crippen molar-refractivity contribution in [3.05, 3.63) is 76.0 Å². The Hall–Kier alpha value is -3.12. The molecule has 0 saturated carbocycles. The second-order valence-corrected chi connectivity index (χ2v) is 5.27. The van der Waals surface area contributed by atoms with Crippen molar-refractivity contribution in [2.24, 2.45) is 10.7 Å². The summed E-state index contributed by atoms with van der Waals surface area (Å²) in [5.74, 6) is 0.392. The van der Waals surface area contributed by atoms with E-state index in [9.17, 15) is 4.79 Å². The third-order valence-electron chi connectivity index (χ3n) is 3.05. The summed E-state index contributed by atoms with van der Waals surface area (Å²) >= 11 is 5.86. The molecule has 0 fully saturated rings. The van der Waals surface area contributed by atoms with Crippen LogP contribution in [0.4, 0.5) is 11.7 Å². The molecule has 0 unspecified atom stereocenters. The molecule has 0 aliphatic carbocycles. The van der Waals surface area contributed by atoms with Crippen molar-refractivity contribution in [2.75, 3.05) is 5.32 Å². The molecule has 6 nitrogen and oxygen atoms in total. The van der Waals surface area contributed by atoms with Gasteiger partial charge in [-0.2, -0.15) is 9.98 Å². The number of halogens is 1. The highest BCUT2D eigenvalue weighted by molar-refractivity contribution is 6.30. The van der Waals surface area contributed by atoms with Crippen LogP contribution in [0.3, 0.4) is 0 Å². The molecule has 3 rings (SSSR count). The minimum Gasteiger partial charge on any atom is -0.423 e. The summed E-state index contributed by atoms with van der Waals surface area (Å²) in [7, 11) is 0. The van der Waals surface area contributed by atoms with Gasteiger partial charge in [0.05, 0.1) is 0 Å². The van der Waals surface area contributed by atoms with Crippen molar-refractivity contribution in [2.45, 2.75) is 0 Å². The molecule has 0 aliphatic rings. The van der Waals surface area contributed by atoms with Gasteiger partial charge in [0, 0.05) is 22.3 Å². The van der Waals surface area contributed by atoms with Crippen molar-refractivity contribution >= 4 is 29.3 Å². The average molecular weight is 341 g/mol. The van der Waals surface area contributed by atoms with Crippen LogP contribution in [0, 0.1) is 0 Å². The Morgan fingerprint density at radius 1 is 1.12 bits per heavy atom. The lowest BCUT2D eigenvalue weighted by atomic mass is 10.2. The van der Waals surface area contributed by atoms with E-state index >= 15 is 0 Å². The zero-order valence-corrected chi connectivity index (χ0v) is 13.2. The Kier molecular flexibility index (Phi) is 4.58. The van der Waals surface area contributed by atoms with Crippen LogP contribution in [-0.4, -0.2) is 10.9 Å². The van der Waals surface area contributed by atoms with Gasteiger partial charge in [-0.25, -0.2) is 0 Å². The molecule has 1 aromatic heterocycles. The fourth-order valence-electron chi connectivity index (χ4n) is 1.99. The molecule has 0 bridgehead atoms. The second kappa shape index (κ2) is 6.97. The molecule has 24 heavy (non-hydrogen) atoms. The number of para-hydroxylation sites is 1. The molecule has 7 heteroatoms. The van der Waals surface area contributed by atoms with Gasteiger partial charge in [-0.15, -0.1) is 0 Å². The number of anilines is 1. The van der Waals surface area contributed by atoms with E-state index in [1.807, 2.05) is 30.3 Å². The summed E-state index contributed by atoms with van der Waals surface area (Å²) in [6.45, 7) is 0. The fourth-order valence-corrected chi connectivity index (χ4v) is 2.12. The predicted octanol–water partition coefficient (Wildman–Crippen LogP) is 3.41. The van der Waals surface area contributed by atoms with E-state index in [0.717, 1.165) is 5.69 Å². The number of nitrogens with zero attached hydrogens (tertiary/aromatic N) is 2. The molecule has 2 aromatic carbocycles. The van der Waals surface area contributed by atoms with E-state index < -0.39 is 5.56 Å². The minimum absolute atomic E-state index is 0.0603. The van der Waals surface area contributed by atoms with Gasteiger partial charge < -0.3 is 15.5 Å². The summed E-state index contributed by atoms with van der Waals surface area (Å²) in [6, 6.07) is 17.3. The quantitative estimate of drug-likeness (QED) is 0.563. The van der Waals surface area contributed by atoms with Crippen molar-refractivity contribution < 1.29 is 4.42 Å². The Labute approximate surface area is 142 Å². The van der Waals surface area contributed by atoms with Gasteiger partial charge in [0.1, 0.15) is 5.76 Å². The van der Waals surface area contributed by atoms with Crippen LogP contribution >= 0.6 is 11.6 Å². The highest BCUT2D eigenvalue weighted by Gasteiger charge is 2.07. The topological polar surface area (TPSA) is 93.5 Å². The van der Waals surface area contributed by atoms with Gasteiger partial charge in [-0.3, -0.25) is 4.79 Å². The van der Waals surface area contributed by atoms with Gasteiger partial charge in [0.15, 0.2) is 0 Å². The summed E-state index contributed by atoms with van der Waals surface area (Å²) in [5, 5.41) is 3.47. The van der Waals surface area contributed by atoms with Crippen LogP contribution < -0.4 is 16.6 Å². The number of benzene rings is 2. The zero-order valence-electron chi connectivity index (χ0n) is 12.4. The Bertz CT molecular complexity index is 921. The van der Waals surface area contributed by atoms with Gasteiger partial charge in [-0.1, -0.05) is 29.8 Å². The summed E-state index contributed by atoms with van der Waals surface area (Å²) in [6.07, 6.45) is 0. The molecule has 0 atom stereocenters. The predicted molar refractivity (Wildman–Crippen MR) is 94.6 cm³/mol. The third-order valence-corrected chi connectivity index (χ3v) is 3.30. The molecule has 1 heterocycles. The Morgan fingerprint density at radius 3 is 2.54 bits per heavy atom. The lowest BCUT2D eigenvalue weighted by molar-refractivity contribution is 0.552. The van der Waals surface area contributed by atoms with E-state index in [2.05, 4.69) is 15.3 Å². The Balaban J connectivity index is 1.89. The number of aliphatic imine (C=N–C) groups is 1. The number of nitrogens with one attached hydrogen (secondary N) is 1. The van der Waals surface area contributed by atoms with Crippen LogP contribution in [0.15, 0.2) is 74.9 Å². The first kappa shape index (κ1) is 15.8. The third kappa shape index (κ3) is 3.99. The molecule has 0 saturated heterocycles. The molecular weight excluding hydrogens is 328 g/mol. The summed E-state index contributed by atoms with van der Waals surface area (Å²) in [4.78, 5) is 19.5. The maximum absolute atomic E-state index is 11.8. The number of aromatic nitrogens is 1. The van der Waals surface area contributed by atoms with Crippen molar-refractivity contribution in [1.29, 1.82) is 0 Å². The number of hydrogen-bond donors (Lipinski definition) is 2. The number of nitrogens with two attached hydrogens (primary N) is 1. The first-order chi connectivity index (χ1) is 11.6. The highest BCUT2D eigenvalue weighted by atomic mass is 35.5. The number of guanidine groups is 1. The molecule has 120 valence electrons. The van der Waals surface area contributed by atoms with E-state index in [0.29, 0.717) is 16.3 Å². The van der Waals surface area contributed by atoms with Gasteiger partial charge in [0.25, 0.3) is 5.56 Å². The van der Waals surface area contributed by atoms with Crippen molar-refractivity contribution in [3.8, 4) is 11.3 Å². The maximum Gasteiger partial charge on any atom is 0.328 e. The smallest absolute Gasteiger partial charge is 0.328 e. The van der Waals surface area contributed by atoms with E-state index in [1.54, 1.807) is 24.3 Å². The van der Waals surface area contributed by atoms with Gasteiger partial charge in [-0.05, 0) is 36.4 Å². The van der Waals surface area contributed by atoms with Crippen LogP contribution in [0.25, 0.3) is 11.3 Å². The zero-order chi connectivity index (χ0) is 16.9. The molecule has 3 aromatic rings. The summed E-state index contributed by atoms with van der Waals surface area (Å²) < 4.78 is 5.53. The molecule has 0 aliphatic heterocycles. The van der Waals surface area contributed by atoms with E-state index in [-0.39, 0.29) is 12.0 Å². The number of hydrogen-bond acceptors (Lipinski definition) is 4. The number of rotatable bonds is 3. The average Bonchev–Trinajstić information content (AvgIpc) is 2.55. The van der Waals surface area contributed by atoms with Crippen LogP contribution in [0.2, 0.25) is 5.02 Å². The van der Waals surface area contributed by atoms with Crippen LogP contribution in [-0.2, 0) is 0 Å². The van der Waals surface area contributed by atoms with E-state index in [1.165, 1.54) is 6.07 Å². The molecule has 0 spiro atoms. The molecular formula is C17H13ClN4O2. The van der Waals surface area contributed by atoms with Crippen molar-refractivity contribution in [1.82, 2.24) is 4.98 Å². The van der Waals surface area contributed by atoms with Crippen LogP contribution in [0.1, 0.15) is 0 Å².